The third kappa shape index (κ3) is 13.8. The molecule has 2 aromatic heterocycles. The predicted octanol–water partition coefficient (Wildman–Crippen LogP) is 6.38. The summed E-state index contributed by atoms with van der Waals surface area (Å²) in [6, 6.07) is 14.7. The summed E-state index contributed by atoms with van der Waals surface area (Å²) >= 11 is 0. The Hall–Kier alpha value is -6.19. The lowest BCUT2D eigenvalue weighted by atomic mass is 9.83. The average Bonchev–Trinajstić information content (AvgIpc) is 3.69. The summed E-state index contributed by atoms with van der Waals surface area (Å²) in [4.78, 5) is 52.7. The minimum Gasteiger partial charge on any atom is -0.491 e. The number of nitrogens with zero attached hydrogens (tertiary/aromatic N) is 4. The van der Waals surface area contributed by atoms with Gasteiger partial charge in [0.15, 0.2) is 15.7 Å². The number of hydrogen-bond donors (Lipinski definition) is 5. The predicted molar refractivity (Wildman–Crippen MR) is 286 cm³/mol. The number of hydrogen-bond acceptors (Lipinski definition) is 15. The second kappa shape index (κ2) is 24.7. The molecule has 0 bridgehead atoms. The van der Waals surface area contributed by atoms with Crippen LogP contribution in [-0.2, 0) is 57.8 Å². The van der Waals surface area contributed by atoms with E-state index < -0.39 is 38.1 Å². The number of fused-ring (bicyclic) bond motifs is 3. The van der Waals surface area contributed by atoms with Crippen molar-refractivity contribution in [3.05, 3.63) is 94.4 Å². The van der Waals surface area contributed by atoms with E-state index in [1.54, 1.807) is 51.8 Å². The summed E-state index contributed by atoms with van der Waals surface area (Å²) in [6.07, 6.45) is 4.43. The Bertz CT molecular complexity index is 2920. The number of aromatic amines is 1. The van der Waals surface area contributed by atoms with Crippen LogP contribution in [0.3, 0.4) is 0 Å². The summed E-state index contributed by atoms with van der Waals surface area (Å²) < 4.78 is 55.9. The fourth-order valence-corrected chi connectivity index (χ4v) is 10.3. The van der Waals surface area contributed by atoms with E-state index >= 15 is 0 Å². The molecule has 7 rings (SSSR count). The van der Waals surface area contributed by atoms with Gasteiger partial charge in [-0.25, -0.2) is 18.4 Å². The van der Waals surface area contributed by atoms with Crippen molar-refractivity contribution in [3.8, 4) is 11.5 Å². The molecule has 4 atom stereocenters. The van der Waals surface area contributed by atoms with E-state index in [1.165, 1.54) is 11.9 Å². The summed E-state index contributed by atoms with van der Waals surface area (Å²) in [5, 5.41) is 20.2. The van der Waals surface area contributed by atoms with Crippen molar-refractivity contribution >= 4 is 50.1 Å². The standard InChI is InChI=1S/C55H75N9O10S/c1-34-35(2)62-63-49(34)61-50-42-30-47(75(68,69)55(7,8)9)46(31-44(42)57-33-58-50)74-27-25-72-23-21-70-20-22-71-24-26-73-40-19-18-38-29-45(52(66)59-43-17-13-15-37-14-11-12-16-41(37)43)64(32-39(38)28-40)53(67)48(54(4,5)6)60-51(65)36(3)56-10/h11-12,14,16,18-19,28,30-31,33,36,43,45,48,56H,13,15,17,20-27,29,32H2,1-10H3,(H,59,66)(H,60,65)(H2,57,58,61,62,63)/t36-,43+,45-,48?/m0/s1. The minimum absolute atomic E-state index is 0.0257. The van der Waals surface area contributed by atoms with E-state index in [0.29, 0.717) is 61.1 Å². The maximum Gasteiger partial charge on any atom is 0.246 e. The van der Waals surface area contributed by atoms with Gasteiger partial charge < -0.3 is 49.9 Å². The number of carbonyl (C=O) groups is 3. The quantitative estimate of drug-likeness (QED) is 0.0447. The number of carbonyl (C=O) groups excluding carboxylic acids is 3. The molecule has 3 heterocycles. The minimum atomic E-state index is -3.85. The van der Waals surface area contributed by atoms with Gasteiger partial charge in [0, 0.05) is 35.7 Å². The van der Waals surface area contributed by atoms with Gasteiger partial charge in [-0.15, -0.1) is 0 Å². The van der Waals surface area contributed by atoms with Crippen LogP contribution in [-0.4, -0.2) is 134 Å². The second-order valence-corrected chi connectivity index (χ2v) is 23.9. The third-order valence-electron chi connectivity index (χ3n) is 13.8. The number of rotatable bonds is 23. The summed E-state index contributed by atoms with van der Waals surface area (Å²) in [5.74, 6) is 0.918. The number of amides is 3. The van der Waals surface area contributed by atoms with Crippen LogP contribution in [0.1, 0.15) is 101 Å². The molecule has 19 nitrogen and oxygen atoms in total. The normalized spacial score (nSPS) is 16.6. The topological polar surface area (TPSA) is 237 Å². The van der Waals surface area contributed by atoms with E-state index in [-0.39, 0.29) is 67.4 Å². The van der Waals surface area contributed by atoms with Gasteiger partial charge in [-0.1, -0.05) is 51.1 Å². The van der Waals surface area contributed by atoms with Crippen molar-refractivity contribution < 1.29 is 46.5 Å². The molecule has 0 fully saturated rings. The number of aromatic nitrogens is 4. The number of H-pyrrole nitrogens is 1. The van der Waals surface area contributed by atoms with Crippen LogP contribution in [0.25, 0.3) is 10.9 Å². The van der Waals surface area contributed by atoms with Crippen LogP contribution in [0.4, 0.5) is 11.6 Å². The van der Waals surface area contributed by atoms with Gasteiger partial charge in [-0.2, -0.15) is 5.10 Å². The van der Waals surface area contributed by atoms with Crippen molar-refractivity contribution in [2.45, 2.75) is 128 Å². The van der Waals surface area contributed by atoms with Crippen LogP contribution in [0.15, 0.2) is 65.8 Å². The number of benzene rings is 3. The smallest absolute Gasteiger partial charge is 0.246 e. The summed E-state index contributed by atoms with van der Waals surface area (Å²) in [5.41, 5.74) is 5.80. The Morgan fingerprint density at radius 1 is 0.827 bits per heavy atom. The molecular weight excluding hydrogens is 979 g/mol. The average molecular weight is 1050 g/mol. The molecule has 20 heteroatoms. The highest BCUT2D eigenvalue weighted by molar-refractivity contribution is 7.92. The van der Waals surface area contributed by atoms with E-state index in [1.807, 2.05) is 65.0 Å². The Morgan fingerprint density at radius 3 is 2.16 bits per heavy atom. The molecule has 75 heavy (non-hydrogen) atoms. The Kier molecular flexibility index (Phi) is 18.6. The zero-order valence-electron chi connectivity index (χ0n) is 45.1. The molecule has 1 aliphatic heterocycles. The van der Waals surface area contributed by atoms with E-state index in [2.05, 4.69) is 53.6 Å². The first-order valence-electron chi connectivity index (χ1n) is 25.8. The molecule has 0 saturated carbocycles. The zero-order valence-corrected chi connectivity index (χ0v) is 45.9. The molecule has 3 amide bonds. The highest BCUT2D eigenvalue weighted by Crippen LogP contribution is 2.38. The molecule has 2 aliphatic rings. The molecule has 0 spiro atoms. The number of aryl methyl sites for hydroxylation is 2. The van der Waals surface area contributed by atoms with Crippen LogP contribution in [0, 0.1) is 19.3 Å². The summed E-state index contributed by atoms with van der Waals surface area (Å²) in [7, 11) is -2.16. The Labute approximate surface area is 440 Å². The van der Waals surface area contributed by atoms with Crippen LogP contribution in [0.2, 0.25) is 0 Å². The molecule has 1 unspecified atom stereocenters. The van der Waals surface area contributed by atoms with Gasteiger partial charge in [0.2, 0.25) is 17.7 Å². The van der Waals surface area contributed by atoms with Gasteiger partial charge in [-0.3, -0.25) is 19.5 Å². The molecule has 5 aromatic rings. The first kappa shape index (κ1) is 56.5. The maximum absolute atomic E-state index is 14.7. The zero-order chi connectivity index (χ0) is 54.1. The lowest BCUT2D eigenvalue weighted by molar-refractivity contribution is -0.147. The van der Waals surface area contributed by atoms with E-state index in [0.717, 1.165) is 47.2 Å². The van der Waals surface area contributed by atoms with Gasteiger partial charge >= 0.3 is 0 Å². The van der Waals surface area contributed by atoms with Crippen molar-refractivity contribution in [1.29, 1.82) is 0 Å². The number of nitrogens with one attached hydrogen (secondary N) is 5. The molecule has 3 aromatic carbocycles. The van der Waals surface area contributed by atoms with Crippen LogP contribution < -0.4 is 30.7 Å². The van der Waals surface area contributed by atoms with Gasteiger partial charge in [0.1, 0.15) is 53.8 Å². The number of sulfone groups is 1. The SMILES string of the molecule is CN[C@@H](C)C(=O)NC(C(=O)N1Cc2cc(OCCOCCOCCOCCOc3cc4ncnc(Nc5n[nH]c(C)c5C)c4cc3S(=O)(=O)C(C)(C)C)ccc2C[C@H]1C(=O)N[C@@H]1CCCc2ccccc21)C(C)(C)C. The number of ether oxygens (including phenoxy) is 5. The monoisotopic (exact) mass is 1050 g/mol. The number of likely N-dealkylation sites (N-methyl/N-ethyl adjacent to an activating group) is 1. The van der Waals surface area contributed by atoms with Crippen molar-refractivity contribution in [3.63, 3.8) is 0 Å². The van der Waals surface area contributed by atoms with Crippen molar-refractivity contribution in [1.82, 2.24) is 41.0 Å². The van der Waals surface area contributed by atoms with Crippen LogP contribution in [0.5, 0.6) is 11.5 Å². The molecule has 406 valence electrons. The largest absolute Gasteiger partial charge is 0.491 e. The highest BCUT2D eigenvalue weighted by atomic mass is 32.2. The fourth-order valence-electron chi connectivity index (χ4n) is 9.01. The fraction of sp³-hybridized carbons (Fsp3) is 0.527. The van der Waals surface area contributed by atoms with Gasteiger partial charge in [0.25, 0.3) is 0 Å². The second-order valence-electron chi connectivity index (χ2n) is 21.2. The van der Waals surface area contributed by atoms with E-state index in [9.17, 15) is 22.8 Å². The molecule has 0 saturated heterocycles. The Morgan fingerprint density at radius 2 is 1.51 bits per heavy atom. The summed E-state index contributed by atoms with van der Waals surface area (Å²) in [6.45, 7) is 18.5. The molecule has 0 radical (unpaired) electrons. The van der Waals surface area contributed by atoms with E-state index in [4.69, 9.17) is 23.7 Å². The lowest BCUT2D eigenvalue weighted by Crippen LogP contribution is -2.62. The molecular formula is C55H75N9O10S. The van der Waals surface area contributed by atoms with Crippen molar-refractivity contribution in [2.24, 2.45) is 5.41 Å². The molecule has 5 N–H and O–H groups in total. The van der Waals surface area contributed by atoms with Gasteiger partial charge in [0.05, 0.1) is 62.0 Å². The lowest BCUT2D eigenvalue weighted by Gasteiger charge is -2.41. The first-order valence-corrected chi connectivity index (χ1v) is 27.2. The molecule has 1 aliphatic carbocycles. The maximum atomic E-state index is 14.7. The highest BCUT2D eigenvalue weighted by Gasteiger charge is 2.43. The Balaban J connectivity index is 0.873. The van der Waals surface area contributed by atoms with Crippen LogP contribution >= 0.6 is 0 Å². The van der Waals surface area contributed by atoms with Crippen molar-refractivity contribution in [2.75, 3.05) is 65.2 Å². The van der Waals surface area contributed by atoms with Gasteiger partial charge in [-0.05, 0) is 114 Å². The number of anilines is 2. The third-order valence-corrected chi connectivity index (χ3v) is 16.3. The first-order chi connectivity index (χ1) is 35.7.